The van der Waals surface area contributed by atoms with E-state index in [-0.39, 0.29) is 16.7 Å². The summed E-state index contributed by atoms with van der Waals surface area (Å²) in [5, 5.41) is 15.1. The summed E-state index contributed by atoms with van der Waals surface area (Å²) in [6.07, 6.45) is 0. The van der Waals surface area contributed by atoms with Gasteiger partial charge in [0.25, 0.3) is 0 Å². The molecule has 4 aromatic carbocycles. The fourth-order valence-electron chi connectivity index (χ4n) is 4.39. The first-order valence-corrected chi connectivity index (χ1v) is 12.2. The lowest BCUT2D eigenvalue weighted by Crippen LogP contribution is -2.23. The summed E-state index contributed by atoms with van der Waals surface area (Å²) in [6.45, 7) is 6.39. The zero-order valence-electron chi connectivity index (χ0n) is 21.7. The Morgan fingerprint density at radius 3 is 2.13 bits per heavy atom. The van der Waals surface area contributed by atoms with Gasteiger partial charge in [-0.3, -0.25) is 0 Å². The average molecular weight is 512 g/mol. The molecule has 0 aliphatic carbocycles. The molecule has 3 N–H and O–H groups in total. The lowest BCUT2D eigenvalue weighted by atomic mass is 9.85. The van der Waals surface area contributed by atoms with Crippen LogP contribution in [0.5, 0.6) is 0 Å². The molecule has 0 bridgehead atoms. The first-order valence-electron chi connectivity index (χ1n) is 12.2. The van der Waals surface area contributed by atoms with Gasteiger partial charge in [0.15, 0.2) is 0 Å². The predicted molar refractivity (Wildman–Crippen MR) is 151 cm³/mol. The predicted octanol–water partition coefficient (Wildman–Crippen LogP) is 7.90. The molecule has 0 radical (unpaired) electrons. The van der Waals surface area contributed by atoms with Crippen molar-refractivity contribution in [1.82, 2.24) is 0 Å². The van der Waals surface area contributed by atoms with E-state index in [1.165, 1.54) is 18.2 Å². The number of hydrogen-bond acceptors (Lipinski definition) is 3. The first kappa shape index (κ1) is 26.4. The molecule has 7 heteroatoms. The molecule has 0 unspecified atom stereocenters. The molecular weight excluding hydrogens is 481 g/mol. The fourth-order valence-corrected chi connectivity index (χ4v) is 4.39. The number of nitrogens with one attached hydrogen (secondary N) is 2. The van der Waals surface area contributed by atoms with Crippen molar-refractivity contribution in [2.45, 2.75) is 26.2 Å². The van der Waals surface area contributed by atoms with Gasteiger partial charge in [0.05, 0.1) is 22.6 Å². The van der Waals surface area contributed by atoms with Crippen LogP contribution in [-0.2, 0) is 5.41 Å². The van der Waals surface area contributed by atoms with Gasteiger partial charge in [-0.1, -0.05) is 75.4 Å². The lowest BCUT2D eigenvalue weighted by Gasteiger charge is -2.30. The molecule has 194 valence electrons. The Morgan fingerprint density at radius 1 is 0.789 bits per heavy atom. The molecule has 0 atom stereocenters. The largest absolute Gasteiger partial charge is 0.478 e. The zero-order valence-corrected chi connectivity index (χ0v) is 21.7. The maximum absolute atomic E-state index is 14.2. The van der Waals surface area contributed by atoms with Crippen LogP contribution >= 0.6 is 0 Å². The number of carbonyl (C=O) groups excluding carboxylic acids is 1. The number of halogens is 1. The highest BCUT2D eigenvalue weighted by atomic mass is 19.1. The Morgan fingerprint density at radius 2 is 1.42 bits per heavy atom. The molecule has 0 saturated heterocycles. The summed E-state index contributed by atoms with van der Waals surface area (Å²) >= 11 is 0. The number of amides is 2. The van der Waals surface area contributed by atoms with Gasteiger partial charge in [0.1, 0.15) is 5.82 Å². The Labute approximate surface area is 221 Å². The SMILES string of the molecule is CN(c1ccc(-c2ccccc2C(=O)O)cc1NC(=O)Nc1ccccc1F)c1ccccc1C(C)(C)C. The number of benzene rings is 4. The Kier molecular flexibility index (Phi) is 7.48. The molecule has 2 amide bonds. The molecule has 0 aromatic heterocycles. The summed E-state index contributed by atoms with van der Waals surface area (Å²) in [6, 6.07) is 25.4. The first-order chi connectivity index (χ1) is 18.1. The van der Waals surface area contributed by atoms with E-state index < -0.39 is 17.8 Å². The molecule has 38 heavy (non-hydrogen) atoms. The second-order valence-electron chi connectivity index (χ2n) is 9.97. The van der Waals surface area contributed by atoms with Gasteiger partial charge in [0.2, 0.25) is 0 Å². The third-order valence-electron chi connectivity index (χ3n) is 6.27. The number of carboxylic acids is 1. The van der Waals surface area contributed by atoms with E-state index in [2.05, 4.69) is 37.5 Å². The number of carboxylic acid groups (broad SMARTS) is 1. The van der Waals surface area contributed by atoms with Crippen molar-refractivity contribution in [3.05, 3.63) is 108 Å². The van der Waals surface area contributed by atoms with Gasteiger partial charge in [-0.2, -0.15) is 0 Å². The van der Waals surface area contributed by atoms with E-state index in [0.29, 0.717) is 22.5 Å². The number of carbonyl (C=O) groups is 2. The zero-order chi connectivity index (χ0) is 27.4. The Bertz CT molecular complexity index is 1490. The van der Waals surface area contributed by atoms with Crippen molar-refractivity contribution in [2.75, 3.05) is 22.6 Å². The second kappa shape index (κ2) is 10.8. The number of aromatic carboxylic acids is 1. The third-order valence-corrected chi connectivity index (χ3v) is 6.27. The highest BCUT2D eigenvalue weighted by molar-refractivity contribution is 6.03. The van der Waals surface area contributed by atoms with Crippen molar-refractivity contribution >= 4 is 34.7 Å². The maximum Gasteiger partial charge on any atom is 0.336 e. The van der Waals surface area contributed by atoms with Crippen molar-refractivity contribution < 1.29 is 19.1 Å². The minimum Gasteiger partial charge on any atom is -0.478 e. The van der Waals surface area contributed by atoms with E-state index in [9.17, 15) is 19.1 Å². The van der Waals surface area contributed by atoms with Crippen LogP contribution < -0.4 is 15.5 Å². The van der Waals surface area contributed by atoms with Gasteiger partial charge in [-0.15, -0.1) is 0 Å². The quantitative estimate of drug-likeness (QED) is 0.246. The minimum absolute atomic E-state index is 0.0466. The average Bonchev–Trinajstić information content (AvgIpc) is 2.89. The minimum atomic E-state index is -1.05. The number of para-hydroxylation sites is 2. The highest BCUT2D eigenvalue weighted by Crippen LogP contribution is 2.39. The summed E-state index contributed by atoms with van der Waals surface area (Å²) in [5.41, 5.74) is 4.37. The molecule has 0 heterocycles. The number of nitrogens with zero attached hydrogens (tertiary/aromatic N) is 1. The standard InChI is InChI=1S/C31H30FN3O3/c1-31(2,3)23-13-7-10-16-27(23)35(4)28-18-17-20(21-11-5-6-12-22(21)29(36)37)19-26(28)34-30(38)33-25-15-9-8-14-24(25)32/h5-19H,1-4H3,(H,36,37)(H2,33,34,38). The number of rotatable bonds is 6. The van der Waals surface area contributed by atoms with Crippen molar-refractivity contribution in [2.24, 2.45) is 0 Å². The van der Waals surface area contributed by atoms with Crippen LogP contribution in [0.1, 0.15) is 36.7 Å². The van der Waals surface area contributed by atoms with Crippen molar-refractivity contribution in [1.29, 1.82) is 0 Å². The van der Waals surface area contributed by atoms with Gasteiger partial charge in [0, 0.05) is 12.7 Å². The van der Waals surface area contributed by atoms with Crippen LogP contribution in [0.25, 0.3) is 11.1 Å². The second-order valence-corrected chi connectivity index (χ2v) is 9.97. The number of hydrogen-bond donors (Lipinski definition) is 3. The van der Waals surface area contributed by atoms with E-state index in [1.54, 1.807) is 36.4 Å². The van der Waals surface area contributed by atoms with Gasteiger partial charge >= 0.3 is 12.0 Å². The number of anilines is 4. The molecule has 6 nitrogen and oxygen atoms in total. The topological polar surface area (TPSA) is 81.7 Å². The van der Waals surface area contributed by atoms with Crippen LogP contribution in [0.3, 0.4) is 0 Å². The van der Waals surface area contributed by atoms with Gasteiger partial charge in [-0.25, -0.2) is 14.0 Å². The molecule has 0 spiro atoms. The Hall–Kier alpha value is -4.65. The summed E-state index contributed by atoms with van der Waals surface area (Å²) in [7, 11) is 1.91. The monoisotopic (exact) mass is 511 g/mol. The molecule has 0 fully saturated rings. The fraction of sp³-hybridized carbons (Fsp3) is 0.161. The summed E-state index contributed by atoms with van der Waals surface area (Å²) < 4.78 is 14.2. The normalized spacial score (nSPS) is 11.1. The third kappa shape index (κ3) is 5.67. The molecule has 0 aliphatic heterocycles. The van der Waals surface area contributed by atoms with Crippen LogP contribution in [0.4, 0.5) is 31.9 Å². The van der Waals surface area contributed by atoms with Crippen LogP contribution in [0.2, 0.25) is 0 Å². The van der Waals surface area contributed by atoms with Crippen LogP contribution in [0, 0.1) is 5.82 Å². The summed E-state index contributed by atoms with van der Waals surface area (Å²) in [4.78, 5) is 26.8. The van der Waals surface area contributed by atoms with Crippen LogP contribution in [-0.4, -0.2) is 24.2 Å². The van der Waals surface area contributed by atoms with E-state index >= 15 is 0 Å². The van der Waals surface area contributed by atoms with Crippen LogP contribution in [0.15, 0.2) is 91.0 Å². The molecule has 0 saturated carbocycles. The maximum atomic E-state index is 14.2. The van der Waals surface area contributed by atoms with E-state index in [0.717, 1.165) is 11.3 Å². The molecular formula is C31H30FN3O3. The van der Waals surface area contributed by atoms with Crippen molar-refractivity contribution in [3.8, 4) is 11.1 Å². The molecule has 0 aliphatic rings. The van der Waals surface area contributed by atoms with E-state index in [4.69, 9.17) is 0 Å². The summed E-state index contributed by atoms with van der Waals surface area (Å²) in [5.74, 6) is -1.60. The highest BCUT2D eigenvalue weighted by Gasteiger charge is 2.22. The number of urea groups is 1. The van der Waals surface area contributed by atoms with Crippen molar-refractivity contribution in [3.63, 3.8) is 0 Å². The molecule has 4 rings (SSSR count). The Balaban J connectivity index is 1.80. The van der Waals surface area contributed by atoms with Gasteiger partial charge in [-0.05, 0) is 58.5 Å². The smallest absolute Gasteiger partial charge is 0.336 e. The lowest BCUT2D eigenvalue weighted by molar-refractivity contribution is 0.0697. The molecule has 4 aromatic rings. The van der Waals surface area contributed by atoms with E-state index in [1.807, 2.05) is 42.3 Å². The van der Waals surface area contributed by atoms with Gasteiger partial charge < -0.3 is 20.6 Å².